The number of hydrogen-bond donors (Lipinski definition) is 1. The zero-order chi connectivity index (χ0) is 16.7. The average molecular weight is 356 g/mol. The normalized spacial score (nSPS) is 13.4. The van der Waals surface area contributed by atoms with Gasteiger partial charge in [0.2, 0.25) is 0 Å². The number of hydrogen-bond acceptors (Lipinski definition) is 6. The minimum absolute atomic E-state index is 0.0382. The highest BCUT2D eigenvalue weighted by Crippen LogP contribution is 2.40. The lowest BCUT2D eigenvalue weighted by Gasteiger charge is -2.05. The molecule has 1 aliphatic rings. The maximum absolute atomic E-state index is 12.4. The molecule has 0 saturated carbocycles. The van der Waals surface area contributed by atoms with Crippen LogP contribution in [0, 0.1) is 6.92 Å². The first kappa shape index (κ1) is 15.6. The van der Waals surface area contributed by atoms with E-state index >= 15 is 0 Å². The molecule has 0 aliphatic heterocycles. The Labute approximate surface area is 148 Å². The second-order valence-electron chi connectivity index (χ2n) is 5.87. The summed E-state index contributed by atoms with van der Waals surface area (Å²) in [5.74, 6) is 1.29. The number of thioether (sulfide) groups is 1. The number of Topliss-reactive ketones (excluding diaryl/α,β-unsaturated/α-hetero) is 1. The minimum atomic E-state index is 0.0382. The number of carbonyl (C=O) groups excluding carboxylic acids is 1. The molecule has 0 saturated heterocycles. The van der Waals surface area contributed by atoms with Crippen LogP contribution in [0.15, 0.2) is 29.3 Å². The summed E-state index contributed by atoms with van der Waals surface area (Å²) >= 11 is 3.26. The highest BCUT2D eigenvalue weighted by atomic mass is 32.2. The Bertz CT molecular complexity index is 932. The highest BCUT2D eigenvalue weighted by Gasteiger charge is 2.22. The zero-order valence-electron chi connectivity index (χ0n) is 13.2. The molecule has 2 aromatic heterocycles. The minimum Gasteiger partial charge on any atom is -0.508 e. The van der Waals surface area contributed by atoms with E-state index in [-0.39, 0.29) is 11.5 Å². The molecule has 3 aromatic rings. The number of aryl methyl sites for hydroxylation is 3. The Hall–Kier alpha value is -1.92. The van der Waals surface area contributed by atoms with Gasteiger partial charge in [0, 0.05) is 15.8 Å². The Morgan fingerprint density at radius 2 is 2.04 bits per heavy atom. The van der Waals surface area contributed by atoms with Crippen LogP contribution in [-0.4, -0.2) is 26.6 Å². The van der Waals surface area contributed by atoms with Crippen molar-refractivity contribution in [1.82, 2.24) is 9.97 Å². The van der Waals surface area contributed by atoms with E-state index in [4.69, 9.17) is 0 Å². The van der Waals surface area contributed by atoms with Crippen molar-refractivity contribution >= 4 is 39.1 Å². The van der Waals surface area contributed by atoms with E-state index in [0.29, 0.717) is 11.3 Å². The predicted octanol–water partition coefficient (Wildman–Crippen LogP) is 4.17. The lowest BCUT2D eigenvalue weighted by molar-refractivity contribution is 0.102. The molecule has 6 heteroatoms. The maximum Gasteiger partial charge on any atom is 0.173 e. The SMILES string of the molecule is Cc1nc(SCC(=O)c2ccc(O)cc2)c2c3c(sc2n1)CCC3. The number of fused-ring (bicyclic) bond motifs is 3. The fourth-order valence-corrected chi connectivity index (χ4v) is 5.40. The first-order chi connectivity index (χ1) is 11.6. The van der Waals surface area contributed by atoms with Gasteiger partial charge < -0.3 is 5.11 Å². The molecule has 2 heterocycles. The van der Waals surface area contributed by atoms with Crippen LogP contribution >= 0.6 is 23.1 Å². The number of benzene rings is 1. The Morgan fingerprint density at radius 1 is 1.25 bits per heavy atom. The van der Waals surface area contributed by atoms with Crippen molar-refractivity contribution in [1.29, 1.82) is 0 Å². The van der Waals surface area contributed by atoms with Crippen molar-refractivity contribution < 1.29 is 9.90 Å². The molecular formula is C18H16N2O2S2. The summed E-state index contributed by atoms with van der Waals surface area (Å²) in [5.41, 5.74) is 1.99. The van der Waals surface area contributed by atoms with Gasteiger partial charge in [-0.05, 0) is 56.0 Å². The fraction of sp³-hybridized carbons (Fsp3) is 0.278. The molecule has 4 nitrogen and oxygen atoms in total. The summed E-state index contributed by atoms with van der Waals surface area (Å²) in [5, 5.41) is 11.4. The summed E-state index contributed by atoms with van der Waals surface area (Å²) in [7, 11) is 0. The number of aromatic nitrogens is 2. The number of ketones is 1. The van der Waals surface area contributed by atoms with Gasteiger partial charge in [-0.3, -0.25) is 4.79 Å². The molecule has 0 atom stereocenters. The standard InChI is InChI=1S/C18H16N2O2S2/c1-10-19-17(16-13-3-2-4-15(13)24-18(16)20-10)23-9-14(22)11-5-7-12(21)8-6-11/h5-8,21H,2-4,9H2,1H3. The molecule has 0 unspecified atom stereocenters. The van der Waals surface area contributed by atoms with E-state index in [2.05, 4.69) is 9.97 Å². The Morgan fingerprint density at radius 3 is 2.83 bits per heavy atom. The quantitative estimate of drug-likeness (QED) is 0.432. The zero-order valence-corrected chi connectivity index (χ0v) is 14.8. The molecule has 1 aliphatic carbocycles. The number of phenolic OH excluding ortho intramolecular Hbond substituents is 1. The van der Waals surface area contributed by atoms with Gasteiger partial charge in [-0.15, -0.1) is 11.3 Å². The van der Waals surface area contributed by atoms with E-state index in [9.17, 15) is 9.90 Å². The fourth-order valence-electron chi connectivity index (χ4n) is 3.03. The molecule has 0 fully saturated rings. The molecule has 1 aromatic carbocycles. The second kappa shape index (κ2) is 6.18. The average Bonchev–Trinajstić information content (AvgIpc) is 3.13. The van der Waals surface area contributed by atoms with Gasteiger partial charge in [0.05, 0.1) is 5.75 Å². The molecule has 24 heavy (non-hydrogen) atoms. The van der Waals surface area contributed by atoms with Crippen molar-refractivity contribution in [2.45, 2.75) is 31.2 Å². The van der Waals surface area contributed by atoms with E-state index < -0.39 is 0 Å². The van der Waals surface area contributed by atoms with Crippen LogP contribution in [0.1, 0.15) is 33.0 Å². The molecule has 4 rings (SSSR count). The van der Waals surface area contributed by atoms with Crippen LogP contribution in [0.5, 0.6) is 5.75 Å². The number of thiophene rings is 1. The van der Waals surface area contributed by atoms with Gasteiger partial charge in [0.15, 0.2) is 5.78 Å². The predicted molar refractivity (Wildman–Crippen MR) is 97.3 cm³/mol. The molecular weight excluding hydrogens is 340 g/mol. The first-order valence-electron chi connectivity index (χ1n) is 7.86. The molecule has 1 N–H and O–H groups in total. The van der Waals surface area contributed by atoms with Gasteiger partial charge >= 0.3 is 0 Å². The number of aromatic hydroxyl groups is 1. The summed E-state index contributed by atoms with van der Waals surface area (Å²) < 4.78 is 0. The molecule has 0 bridgehead atoms. The van der Waals surface area contributed by atoms with Crippen LogP contribution in [0.25, 0.3) is 10.2 Å². The van der Waals surface area contributed by atoms with Crippen LogP contribution in [0.2, 0.25) is 0 Å². The number of nitrogens with zero attached hydrogens (tertiary/aromatic N) is 2. The third-order valence-corrected chi connectivity index (χ3v) is 6.33. The smallest absolute Gasteiger partial charge is 0.173 e. The largest absolute Gasteiger partial charge is 0.508 e. The van der Waals surface area contributed by atoms with Crippen LogP contribution in [0.4, 0.5) is 0 Å². The van der Waals surface area contributed by atoms with Crippen molar-refractivity contribution in [2.24, 2.45) is 0 Å². The molecule has 0 radical (unpaired) electrons. The summed E-state index contributed by atoms with van der Waals surface area (Å²) in [6.07, 6.45) is 3.41. The highest BCUT2D eigenvalue weighted by molar-refractivity contribution is 8.00. The lowest BCUT2D eigenvalue weighted by Crippen LogP contribution is -2.03. The number of carbonyl (C=O) groups is 1. The summed E-state index contributed by atoms with van der Waals surface area (Å²) in [6, 6.07) is 6.38. The third-order valence-electron chi connectivity index (χ3n) is 4.17. The van der Waals surface area contributed by atoms with Crippen LogP contribution in [-0.2, 0) is 12.8 Å². The van der Waals surface area contributed by atoms with Gasteiger partial charge in [0.25, 0.3) is 0 Å². The van der Waals surface area contributed by atoms with Gasteiger partial charge in [0.1, 0.15) is 21.4 Å². The second-order valence-corrected chi connectivity index (χ2v) is 7.92. The molecule has 122 valence electrons. The van der Waals surface area contributed by atoms with Gasteiger partial charge in [-0.25, -0.2) is 9.97 Å². The maximum atomic E-state index is 12.4. The third kappa shape index (κ3) is 2.80. The van der Waals surface area contributed by atoms with Crippen molar-refractivity contribution in [2.75, 3.05) is 5.75 Å². The van der Waals surface area contributed by atoms with Crippen LogP contribution < -0.4 is 0 Å². The van der Waals surface area contributed by atoms with E-state index in [1.54, 1.807) is 23.5 Å². The number of phenols is 1. The summed E-state index contributed by atoms with van der Waals surface area (Å²) in [6.45, 7) is 1.90. The first-order valence-corrected chi connectivity index (χ1v) is 9.66. The summed E-state index contributed by atoms with van der Waals surface area (Å²) in [4.78, 5) is 24.0. The van der Waals surface area contributed by atoms with Gasteiger partial charge in [-0.2, -0.15) is 0 Å². The Balaban J connectivity index is 1.62. The monoisotopic (exact) mass is 356 g/mol. The van der Waals surface area contributed by atoms with Crippen molar-refractivity contribution in [3.05, 3.63) is 46.1 Å². The Kier molecular flexibility index (Phi) is 4.02. The van der Waals surface area contributed by atoms with E-state index in [1.807, 2.05) is 6.92 Å². The molecule has 0 amide bonds. The van der Waals surface area contributed by atoms with Crippen LogP contribution in [0.3, 0.4) is 0 Å². The number of rotatable bonds is 4. The topological polar surface area (TPSA) is 63.1 Å². The van der Waals surface area contributed by atoms with Gasteiger partial charge in [-0.1, -0.05) is 11.8 Å². The van der Waals surface area contributed by atoms with Crippen molar-refractivity contribution in [3.63, 3.8) is 0 Å². The van der Waals surface area contributed by atoms with E-state index in [0.717, 1.165) is 33.9 Å². The lowest BCUT2D eigenvalue weighted by atomic mass is 10.1. The van der Waals surface area contributed by atoms with E-state index in [1.165, 1.54) is 40.8 Å². The van der Waals surface area contributed by atoms with Crippen molar-refractivity contribution in [3.8, 4) is 5.75 Å². The molecule has 0 spiro atoms.